The van der Waals surface area contributed by atoms with E-state index in [-0.39, 0.29) is 17.8 Å². The number of imidazole rings is 2. The van der Waals surface area contributed by atoms with Crippen LogP contribution in [0.15, 0.2) is 64.3 Å². The molecule has 0 saturated heterocycles. The summed E-state index contributed by atoms with van der Waals surface area (Å²) in [5.74, 6) is -0.154. The fraction of sp³-hybridized carbons (Fsp3) is 0.231. The van der Waals surface area contributed by atoms with Gasteiger partial charge in [-0.15, -0.1) is 0 Å². The van der Waals surface area contributed by atoms with E-state index in [1.807, 2.05) is 73.1 Å². The van der Waals surface area contributed by atoms with Crippen LogP contribution in [0.4, 0.5) is 0 Å². The molecule has 5 aromatic rings. The van der Waals surface area contributed by atoms with Crippen LogP contribution in [0.2, 0.25) is 0 Å². The van der Waals surface area contributed by atoms with Crippen LogP contribution in [0.5, 0.6) is 0 Å². The van der Waals surface area contributed by atoms with Gasteiger partial charge in [-0.1, -0.05) is 42.5 Å². The van der Waals surface area contributed by atoms with Crippen molar-refractivity contribution < 1.29 is 9.53 Å². The molecule has 3 aromatic heterocycles. The standard InChI is InChI=1S/C26H25N5O4/c1-5-35-21(32)15-30-24(33)22-23(28(4)26(30)34)27-25-29(22)14-20(18-11-7-6-8-12-18)31(25)19-13-9-10-16(2)17(19)3/h6-14H,5,15H2,1-4H3. The molecule has 0 radical (unpaired) electrons. The molecule has 0 aliphatic heterocycles. The third-order valence-electron chi connectivity index (χ3n) is 6.33. The number of benzene rings is 2. The summed E-state index contributed by atoms with van der Waals surface area (Å²) in [6.07, 6.45) is 1.85. The molecule has 0 spiro atoms. The van der Waals surface area contributed by atoms with E-state index in [4.69, 9.17) is 9.72 Å². The van der Waals surface area contributed by atoms with Crippen molar-refractivity contribution in [1.29, 1.82) is 0 Å². The van der Waals surface area contributed by atoms with Crippen LogP contribution in [0, 0.1) is 13.8 Å². The van der Waals surface area contributed by atoms with Gasteiger partial charge in [-0.2, -0.15) is 4.98 Å². The third kappa shape index (κ3) is 3.47. The van der Waals surface area contributed by atoms with E-state index in [9.17, 15) is 14.4 Å². The SMILES string of the molecule is CCOC(=O)Cn1c(=O)c2c(nc3n(-c4cccc(C)c4C)c(-c4ccccc4)cn23)n(C)c1=O. The van der Waals surface area contributed by atoms with E-state index in [0.717, 1.165) is 32.6 Å². The average molecular weight is 472 g/mol. The molecule has 0 unspecified atom stereocenters. The fourth-order valence-electron chi connectivity index (χ4n) is 4.40. The first-order valence-corrected chi connectivity index (χ1v) is 11.3. The minimum Gasteiger partial charge on any atom is -0.465 e. The molecule has 3 heterocycles. The lowest BCUT2D eigenvalue weighted by atomic mass is 10.1. The number of aromatic nitrogens is 5. The van der Waals surface area contributed by atoms with E-state index in [0.29, 0.717) is 5.78 Å². The number of fused-ring (bicyclic) bond motifs is 3. The predicted molar refractivity (Wildman–Crippen MR) is 133 cm³/mol. The molecule has 178 valence electrons. The number of hydrogen-bond donors (Lipinski definition) is 0. The van der Waals surface area contributed by atoms with Gasteiger partial charge in [0.15, 0.2) is 11.2 Å². The van der Waals surface area contributed by atoms with Crippen molar-refractivity contribution in [2.24, 2.45) is 7.05 Å². The van der Waals surface area contributed by atoms with Crippen LogP contribution in [0.3, 0.4) is 0 Å². The molecule has 9 heteroatoms. The summed E-state index contributed by atoms with van der Waals surface area (Å²) in [6, 6.07) is 15.9. The molecule has 0 fully saturated rings. The van der Waals surface area contributed by atoms with Gasteiger partial charge in [0.25, 0.3) is 5.56 Å². The Labute approximate surface area is 200 Å². The van der Waals surface area contributed by atoms with Gasteiger partial charge < -0.3 is 4.74 Å². The molecule has 35 heavy (non-hydrogen) atoms. The monoisotopic (exact) mass is 471 g/mol. The highest BCUT2D eigenvalue weighted by Crippen LogP contribution is 2.30. The Balaban J connectivity index is 1.90. The van der Waals surface area contributed by atoms with Crippen LogP contribution in [-0.4, -0.2) is 35.7 Å². The van der Waals surface area contributed by atoms with Crippen molar-refractivity contribution in [3.8, 4) is 16.9 Å². The van der Waals surface area contributed by atoms with Crippen molar-refractivity contribution in [3.05, 3.63) is 86.7 Å². The largest absolute Gasteiger partial charge is 0.465 e. The van der Waals surface area contributed by atoms with E-state index < -0.39 is 23.8 Å². The Morgan fingerprint density at radius 2 is 1.77 bits per heavy atom. The first-order valence-electron chi connectivity index (χ1n) is 11.3. The summed E-state index contributed by atoms with van der Waals surface area (Å²) in [5.41, 5.74) is 4.14. The lowest BCUT2D eigenvalue weighted by Gasteiger charge is -2.13. The van der Waals surface area contributed by atoms with Crippen LogP contribution in [-0.2, 0) is 23.1 Å². The van der Waals surface area contributed by atoms with Gasteiger partial charge in [0.2, 0.25) is 5.78 Å². The molecule has 0 amide bonds. The van der Waals surface area contributed by atoms with Crippen molar-refractivity contribution in [3.63, 3.8) is 0 Å². The first-order chi connectivity index (χ1) is 16.8. The molecule has 0 saturated carbocycles. The van der Waals surface area contributed by atoms with Crippen molar-refractivity contribution in [2.45, 2.75) is 27.3 Å². The highest BCUT2D eigenvalue weighted by Gasteiger charge is 2.24. The number of carbonyl (C=O) groups excluding carboxylic acids is 1. The molecule has 2 aromatic carbocycles. The zero-order valence-electron chi connectivity index (χ0n) is 20.0. The van der Waals surface area contributed by atoms with Gasteiger partial charge in [0, 0.05) is 18.8 Å². The van der Waals surface area contributed by atoms with Crippen molar-refractivity contribution >= 4 is 22.9 Å². The quantitative estimate of drug-likeness (QED) is 0.368. The first kappa shape index (κ1) is 22.4. The Morgan fingerprint density at radius 1 is 1.03 bits per heavy atom. The van der Waals surface area contributed by atoms with E-state index in [1.165, 1.54) is 4.57 Å². The summed E-state index contributed by atoms with van der Waals surface area (Å²) < 4.78 is 10.8. The average Bonchev–Trinajstić information content (AvgIpc) is 3.40. The summed E-state index contributed by atoms with van der Waals surface area (Å²) in [5, 5.41) is 0. The zero-order chi connectivity index (χ0) is 24.9. The summed E-state index contributed by atoms with van der Waals surface area (Å²) >= 11 is 0. The van der Waals surface area contributed by atoms with Crippen LogP contribution in [0.1, 0.15) is 18.1 Å². The molecule has 0 bridgehead atoms. The number of rotatable bonds is 5. The van der Waals surface area contributed by atoms with Gasteiger partial charge in [-0.05, 0) is 38.0 Å². The topological polar surface area (TPSA) is 92.5 Å². The van der Waals surface area contributed by atoms with E-state index in [2.05, 4.69) is 0 Å². The van der Waals surface area contributed by atoms with Crippen LogP contribution < -0.4 is 11.2 Å². The molecule has 0 aliphatic rings. The minimum atomic E-state index is -0.648. The summed E-state index contributed by atoms with van der Waals surface area (Å²) in [6.45, 7) is 5.45. The minimum absolute atomic E-state index is 0.159. The number of nitrogens with zero attached hydrogens (tertiary/aromatic N) is 5. The number of esters is 1. The molecular weight excluding hydrogens is 446 g/mol. The third-order valence-corrected chi connectivity index (χ3v) is 6.33. The molecule has 0 aliphatic carbocycles. The Kier molecular flexibility index (Phi) is 5.39. The second kappa shape index (κ2) is 8.43. The Morgan fingerprint density at radius 3 is 2.49 bits per heavy atom. The molecule has 9 nitrogen and oxygen atoms in total. The number of hydrogen-bond acceptors (Lipinski definition) is 5. The van der Waals surface area contributed by atoms with Gasteiger partial charge in [-0.3, -0.25) is 23.1 Å². The normalized spacial score (nSPS) is 11.4. The summed E-state index contributed by atoms with van der Waals surface area (Å²) in [4.78, 5) is 43.3. The number of carbonyl (C=O) groups is 1. The highest BCUT2D eigenvalue weighted by molar-refractivity contribution is 5.80. The number of ether oxygens (including phenoxy) is 1. The maximum absolute atomic E-state index is 13.5. The van der Waals surface area contributed by atoms with Crippen molar-refractivity contribution in [1.82, 2.24) is 23.1 Å². The van der Waals surface area contributed by atoms with Gasteiger partial charge in [-0.25, -0.2) is 9.36 Å². The lowest BCUT2D eigenvalue weighted by molar-refractivity contribution is -0.143. The molecular formula is C26H25N5O4. The molecule has 0 atom stereocenters. The van der Waals surface area contributed by atoms with Gasteiger partial charge in [0.05, 0.1) is 18.0 Å². The second-order valence-corrected chi connectivity index (χ2v) is 8.43. The maximum atomic E-state index is 13.5. The smallest absolute Gasteiger partial charge is 0.333 e. The predicted octanol–water partition coefficient (Wildman–Crippen LogP) is 2.99. The Hall–Kier alpha value is -4.40. The summed E-state index contributed by atoms with van der Waals surface area (Å²) in [7, 11) is 1.54. The van der Waals surface area contributed by atoms with Gasteiger partial charge >= 0.3 is 11.7 Å². The number of aryl methyl sites for hydroxylation is 2. The molecule has 0 N–H and O–H groups in total. The van der Waals surface area contributed by atoms with E-state index >= 15 is 0 Å². The highest BCUT2D eigenvalue weighted by atomic mass is 16.5. The zero-order valence-corrected chi connectivity index (χ0v) is 20.0. The van der Waals surface area contributed by atoms with Crippen molar-refractivity contribution in [2.75, 3.05) is 6.61 Å². The van der Waals surface area contributed by atoms with E-state index in [1.54, 1.807) is 18.4 Å². The maximum Gasteiger partial charge on any atom is 0.333 e. The van der Waals surface area contributed by atoms with Crippen LogP contribution in [0.25, 0.3) is 33.9 Å². The lowest BCUT2D eigenvalue weighted by Crippen LogP contribution is -2.41. The fourth-order valence-corrected chi connectivity index (χ4v) is 4.40. The van der Waals surface area contributed by atoms with Crippen LogP contribution >= 0.6 is 0 Å². The van der Waals surface area contributed by atoms with Gasteiger partial charge in [0.1, 0.15) is 6.54 Å². The Bertz CT molecular complexity index is 1720. The second-order valence-electron chi connectivity index (χ2n) is 8.43. The molecule has 5 rings (SSSR count).